The first-order chi connectivity index (χ1) is 11.0. The van der Waals surface area contributed by atoms with E-state index in [1.54, 1.807) is 6.26 Å². The van der Waals surface area contributed by atoms with Crippen molar-refractivity contribution in [3.05, 3.63) is 48.2 Å². The quantitative estimate of drug-likeness (QED) is 0.695. The van der Waals surface area contributed by atoms with Crippen LogP contribution in [0.15, 0.2) is 47.1 Å². The summed E-state index contributed by atoms with van der Waals surface area (Å²) in [5.41, 5.74) is 1.81. The van der Waals surface area contributed by atoms with Crippen LogP contribution in [0.2, 0.25) is 0 Å². The Morgan fingerprint density at radius 1 is 1.04 bits per heavy atom. The van der Waals surface area contributed by atoms with E-state index in [1.165, 1.54) is 5.39 Å². The molecule has 0 unspecified atom stereocenters. The smallest absolute Gasteiger partial charge is 0.227 e. The van der Waals surface area contributed by atoms with Crippen molar-refractivity contribution in [2.45, 2.75) is 46.2 Å². The maximum atomic E-state index is 12.8. The molecule has 0 aliphatic heterocycles. The first kappa shape index (κ1) is 15.6. The zero-order valence-corrected chi connectivity index (χ0v) is 14.2. The second kappa shape index (κ2) is 6.07. The molecular formula is C20H23NO2. The molecule has 3 rings (SSSR count). The van der Waals surface area contributed by atoms with Gasteiger partial charge in [-0.1, -0.05) is 30.3 Å². The van der Waals surface area contributed by atoms with Crippen LogP contribution in [0.3, 0.4) is 0 Å². The van der Waals surface area contributed by atoms with Crippen LogP contribution in [-0.4, -0.2) is 22.9 Å². The minimum Gasteiger partial charge on any atom is -0.464 e. The van der Waals surface area contributed by atoms with Gasteiger partial charge in [0.05, 0.1) is 12.7 Å². The lowest BCUT2D eigenvalue weighted by Gasteiger charge is -2.30. The number of rotatable bonds is 4. The van der Waals surface area contributed by atoms with Crippen LogP contribution in [0, 0.1) is 0 Å². The zero-order valence-electron chi connectivity index (χ0n) is 14.2. The Morgan fingerprint density at radius 3 is 2.43 bits per heavy atom. The summed E-state index contributed by atoms with van der Waals surface area (Å²) >= 11 is 0. The molecule has 0 atom stereocenters. The van der Waals surface area contributed by atoms with Crippen LogP contribution >= 0.6 is 0 Å². The summed E-state index contributed by atoms with van der Waals surface area (Å²) in [6, 6.07) is 12.6. The number of carbonyl (C=O) groups is 1. The average Bonchev–Trinajstić information content (AvgIpc) is 2.90. The van der Waals surface area contributed by atoms with E-state index in [2.05, 4.69) is 45.9 Å². The van der Waals surface area contributed by atoms with Crippen LogP contribution < -0.4 is 0 Å². The topological polar surface area (TPSA) is 33.5 Å². The van der Waals surface area contributed by atoms with E-state index in [0.717, 1.165) is 21.9 Å². The van der Waals surface area contributed by atoms with Gasteiger partial charge in [-0.15, -0.1) is 0 Å². The minimum atomic E-state index is 0.144. The third-order valence-electron chi connectivity index (χ3n) is 4.28. The van der Waals surface area contributed by atoms with Gasteiger partial charge < -0.3 is 9.32 Å². The van der Waals surface area contributed by atoms with E-state index in [-0.39, 0.29) is 18.0 Å². The highest BCUT2D eigenvalue weighted by Gasteiger charge is 2.22. The van der Waals surface area contributed by atoms with Gasteiger partial charge in [0.15, 0.2) is 0 Å². The number of fused-ring (bicyclic) bond motifs is 3. The number of hydrogen-bond donors (Lipinski definition) is 0. The zero-order chi connectivity index (χ0) is 16.6. The van der Waals surface area contributed by atoms with Gasteiger partial charge in [0, 0.05) is 23.0 Å². The Morgan fingerprint density at radius 2 is 1.74 bits per heavy atom. The van der Waals surface area contributed by atoms with Gasteiger partial charge in [-0.25, -0.2) is 0 Å². The number of benzene rings is 2. The molecule has 3 aromatic rings. The van der Waals surface area contributed by atoms with Gasteiger partial charge in [0.2, 0.25) is 5.91 Å². The van der Waals surface area contributed by atoms with Gasteiger partial charge in [0.1, 0.15) is 5.58 Å². The van der Waals surface area contributed by atoms with Crippen LogP contribution in [0.25, 0.3) is 21.7 Å². The number of amides is 1. The molecule has 0 saturated carbocycles. The predicted molar refractivity (Wildman–Crippen MR) is 94.5 cm³/mol. The molecule has 23 heavy (non-hydrogen) atoms. The molecule has 0 saturated heterocycles. The molecule has 1 heterocycles. The number of hydrogen-bond acceptors (Lipinski definition) is 2. The minimum absolute atomic E-state index is 0.144. The highest BCUT2D eigenvalue weighted by Crippen LogP contribution is 2.30. The molecule has 0 aliphatic carbocycles. The predicted octanol–water partition coefficient (Wildman–Crippen LogP) is 4.77. The average molecular weight is 309 g/mol. The third-order valence-corrected chi connectivity index (χ3v) is 4.28. The van der Waals surface area contributed by atoms with Crippen molar-refractivity contribution in [3.63, 3.8) is 0 Å². The van der Waals surface area contributed by atoms with Crippen LogP contribution in [0.5, 0.6) is 0 Å². The largest absolute Gasteiger partial charge is 0.464 e. The third kappa shape index (κ3) is 2.83. The molecule has 3 nitrogen and oxygen atoms in total. The van der Waals surface area contributed by atoms with Crippen molar-refractivity contribution in [1.82, 2.24) is 4.90 Å². The lowest BCUT2D eigenvalue weighted by Crippen LogP contribution is -2.42. The molecule has 0 spiro atoms. The Labute approximate surface area is 136 Å². The molecule has 120 valence electrons. The van der Waals surface area contributed by atoms with Gasteiger partial charge in [-0.05, 0) is 44.5 Å². The van der Waals surface area contributed by atoms with E-state index in [9.17, 15) is 4.79 Å². The molecule has 0 N–H and O–H groups in total. The summed E-state index contributed by atoms with van der Waals surface area (Å²) in [5.74, 6) is 0.144. The summed E-state index contributed by atoms with van der Waals surface area (Å²) in [6.45, 7) is 8.23. The van der Waals surface area contributed by atoms with Crippen molar-refractivity contribution in [1.29, 1.82) is 0 Å². The van der Waals surface area contributed by atoms with Crippen molar-refractivity contribution < 1.29 is 9.21 Å². The summed E-state index contributed by atoms with van der Waals surface area (Å²) in [4.78, 5) is 14.7. The maximum Gasteiger partial charge on any atom is 0.227 e. The van der Waals surface area contributed by atoms with Crippen molar-refractivity contribution in [2.75, 3.05) is 0 Å². The van der Waals surface area contributed by atoms with Crippen molar-refractivity contribution >= 4 is 27.6 Å². The first-order valence-electron chi connectivity index (χ1n) is 8.18. The van der Waals surface area contributed by atoms with Crippen LogP contribution in [0.4, 0.5) is 0 Å². The molecular weight excluding hydrogens is 286 g/mol. The van der Waals surface area contributed by atoms with Crippen molar-refractivity contribution in [2.24, 2.45) is 0 Å². The maximum absolute atomic E-state index is 12.8. The molecule has 3 heteroatoms. The Kier molecular flexibility index (Phi) is 4.12. The van der Waals surface area contributed by atoms with Gasteiger partial charge in [-0.2, -0.15) is 0 Å². The Balaban J connectivity index is 2.04. The normalized spacial score (nSPS) is 11.7. The SMILES string of the molecule is CC(C)N(C(=O)Cc1coc2ccc3ccccc3c12)C(C)C. The fourth-order valence-electron chi connectivity index (χ4n) is 3.43. The van der Waals surface area contributed by atoms with Gasteiger partial charge in [0.25, 0.3) is 0 Å². The van der Waals surface area contributed by atoms with E-state index >= 15 is 0 Å². The van der Waals surface area contributed by atoms with Crippen LogP contribution in [-0.2, 0) is 11.2 Å². The standard InChI is InChI=1S/C20H23NO2/c1-13(2)21(14(3)4)19(22)11-16-12-23-18-10-9-15-7-5-6-8-17(15)20(16)18/h5-10,12-14H,11H2,1-4H3. The lowest BCUT2D eigenvalue weighted by atomic mass is 10.0. The first-order valence-corrected chi connectivity index (χ1v) is 8.18. The molecule has 1 amide bonds. The molecule has 0 fully saturated rings. The molecule has 1 aromatic heterocycles. The monoisotopic (exact) mass is 309 g/mol. The second-order valence-electron chi connectivity index (χ2n) is 6.59. The van der Waals surface area contributed by atoms with Crippen molar-refractivity contribution in [3.8, 4) is 0 Å². The van der Waals surface area contributed by atoms with E-state index in [4.69, 9.17) is 4.42 Å². The molecule has 0 bridgehead atoms. The molecule has 0 aliphatic rings. The van der Waals surface area contributed by atoms with E-state index in [1.807, 2.05) is 23.1 Å². The number of carbonyl (C=O) groups excluding carboxylic acids is 1. The molecule has 0 radical (unpaired) electrons. The second-order valence-corrected chi connectivity index (χ2v) is 6.59. The highest BCUT2D eigenvalue weighted by atomic mass is 16.3. The van der Waals surface area contributed by atoms with E-state index < -0.39 is 0 Å². The summed E-state index contributed by atoms with van der Waals surface area (Å²) in [7, 11) is 0. The summed E-state index contributed by atoms with van der Waals surface area (Å²) < 4.78 is 5.69. The lowest BCUT2D eigenvalue weighted by molar-refractivity contribution is -0.134. The number of nitrogens with zero attached hydrogens (tertiary/aromatic N) is 1. The van der Waals surface area contributed by atoms with E-state index in [0.29, 0.717) is 6.42 Å². The van der Waals surface area contributed by atoms with Crippen LogP contribution in [0.1, 0.15) is 33.3 Å². The number of furan rings is 1. The fourth-order valence-corrected chi connectivity index (χ4v) is 3.43. The van der Waals surface area contributed by atoms with Gasteiger partial charge in [-0.3, -0.25) is 4.79 Å². The molecule has 2 aromatic carbocycles. The summed E-state index contributed by atoms with van der Waals surface area (Å²) in [5, 5.41) is 3.37. The van der Waals surface area contributed by atoms with Gasteiger partial charge >= 0.3 is 0 Å². The Hall–Kier alpha value is -2.29. The highest BCUT2D eigenvalue weighted by molar-refractivity contribution is 6.08. The summed E-state index contributed by atoms with van der Waals surface area (Å²) in [6.07, 6.45) is 2.10. The fraction of sp³-hybridized carbons (Fsp3) is 0.350. The Bertz CT molecular complexity index is 837.